The van der Waals surface area contributed by atoms with E-state index in [9.17, 15) is 8.42 Å². The molecule has 0 aromatic heterocycles. The van der Waals surface area contributed by atoms with Gasteiger partial charge in [-0.3, -0.25) is 0 Å². The molecule has 1 saturated heterocycles. The van der Waals surface area contributed by atoms with Gasteiger partial charge in [0.2, 0.25) is 10.0 Å². The fraction of sp³-hybridized carbons (Fsp3) is 0.571. The van der Waals surface area contributed by atoms with Crippen LogP contribution >= 0.6 is 0 Å². The quantitative estimate of drug-likeness (QED) is 0.774. The van der Waals surface area contributed by atoms with Gasteiger partial charge in [-0.2, -0.15) is 0 Å². The third-order valence-corrected chi connectivity index (χ3v) is 4.99. The Morgan fingerprint density at radius 1 is 1.20 bits per heavy atom. The van der Waals surface area contributed by atoms with Crippen LogP contribution in [0.5, 0.6) is 5.75 Å². The topological polar surface area (TPSA) is 58.6 Å². The summed E-state index contributed by atoms with van der Waals surface area (Å²) >= 11 is 0. The Morgan fingerprint density at radius 2 is 1.85 bits per heavy atom. The smallest absolute Gasteiger partial charge is 0.240 e. The van der Waals surface area contributed by atoms with Crippen LogP contribution in [0.15, 0.2) is 29.2 Å². The largest absolute Gasteiger partial charge is 0.497 e. The van der Waals surface area contributed by atoms with Crippen molar-refractivity contribution in [2.45, 2.75) is 24.2 Å². The maximum atomic E-state index is 12.1. The van der Waals surface area contributed by atoms with Crippen molar-refractivity contribution in [1.29, 1.82) is 0 Å². The average molecular weight is 298 g/mol. The molecule has 0 saturated carbocycles. The predicted octanol–water partition coefficient (Wildman–Crippen LogP) is 1.46. The first-order valence-corrected chi connectivity index (χ1v) is 8.46. The van der Waals surface area contributed by atoms with E-state index in [0.717, 1.165) is 26.1 Å². The highest BCUT2D eigenvalue weighted by molar-refractivity contribution is 7.89. The Bertz CT molecular complexity index is 508. The molecule has 0 amide bonds. The Labute approximate surface area is 121 Å². The van der Waals surface area contributed by atoms with Crippen molar-refractivity contribution in [3.05, 3.63) is 24.3 Å². The molecule has 1 fully saturated rings. The van der Waals surface area contributed by atoms with Gasteiger partial charge in [0.1, 0.15) is 5.75 Å². The van der Waals surface area contributed by atoms with Crippen molar-refractivity contribution in [1.82, 2.24) is 9.62 Å². The van der Waals surface area contributed by atoms with Gasteiger partial charge in [0.15, 0.2) is 0 Å². The summed E-state index contributed by atoms with van der Waals surface area (Å²) in [6.45, 7) is 3.73. The van der Waals surface area contributed by atoms with Crippen LogP contribution in [0.3, 0.4) is 0 Å². The molecule has 1 aliphatic heterocycles. The van der Waals surface area contributed by atoms with Crippen molar-refractivity contribution in [2.24, 2.45) is 0 Å². The van der Waals surface area contributed by atoms with Crippen molar-refractivity contribution in [2.75, 3.05) is 33.3 Å². The zero-order chi connectivity index (χ0) is 14.4. The fourth-order valence-electron chi connectivity index (χ4n) is 2.35. The molecule has 1 aromatic carbocycles. The van der Waals surface area contributed by atoms with Gasteiger partial charge >= 0.3 is 0 Å². The lowest BCUT2D eigenvalue weighted by Gasteiger charge is -2.14. The number of likely N-dealkylation sites (tertiary alicyclic amines) is 1. The van der Waals surface area contributed by atoms with Crippen LogP contribution in [0.2, 0.25) is 0 Å². The first kappa shape index (κ1) is 15.3. The Kier molecular flexibility index (Phi) is 5.39. The minimum Gasteiger partial charge on any atom is -0.497 e. The zero-order valence-electron chi connectivity index (χ0n) is 11.8. The van der Waals surface area contributed by atoms with Crippen LogP contribution in [0, 0.1) is 0 Å². The summed E-state index contributed by atoms with van der Waals surface area (Å²) < 4.78 is 31.8. The van der Waals surface area contributed by atoms with E-state index in [4.69, 9.17) is 4.74 Å². The highest BCUT2D eigenvalue weighted by Gasteiger charge is 2.14. The second-order valence-electron chi connectivity index (χ2n) is 4.98. The first-order chi connectivity index (χ1) is 9.62. The summed E-state index contributed by atoms with van der Waals surface area (Å²) in [7, 11) is -1.85. The van der Waals surface area contributed by atoms with Gasteiger partial charge in [-0.05, 0) is 63.2 Å². The first-order valence-electron chi connectivity index (χ1n) is 6.98. The van der Waals surface area contributed by atoms with Gasteiger partial charge < -0.3 is 9.64 Å². The van der Waals surface area contributed by atoms with Crippen LogP contribution in [0.25, 0.3) is 0 Å². The third-order valence-electron chi connectivity index (χ3n) is 3.51. The van der Waals surface area contributed by atoms with E-state index in [1.165, 1.54) is 12.8 Å². The molecule has 112 valence electrons. The highest BCUT2D eigenvalue weighted by Crippen LogP contribution is 2.15. The number of nitrogens with zero attached hydrogens (tertiary/aromatic N) is 1. The van der Waals surface area contributed by atoms with E-state index in [0.29, 0.717) is 12.3 Å². The van der Waals surface area contributed by atoms with Crippen LogP contribution in [-0.2, 0) is 10.0 Å². The molecule has 0 unspecified atom stereocenters. The second kappa shape index (κ2) is 7.06. The highest BCUT2D eigenvalue weighted by atomic mass is 32.2. The van der Waals surface area contributed by atoms with Crippen molar-refractivity contribution in [3.8, 4) is 5.75 Å². The van der Waals surface area contributed by atoms with E-state index in [2.05, 4.69) is 9.62 Å². The fourth-order valence-corrected chi connectivity index (χ4v) is 3.43. The number of hydrogen-bond acceptors (Lipinski definition) is 4. The molecule has 1 aliphatic rings. The van der Waals surface area contributed by atoms with Crippen molar-refractivity contribution in [3.63, 3.8) is 0 Å². The minimum atomic E-state index is -3.41. The number of nitrogens with one attached hydrogen (secondary N) is 1. The minimum absolute atomic E-state index is 0.277. The summed E-state index contributed by atoms with van der Waals surface area (Å²) in [5.41, 5.74) is 0. The van der Waals surface area contributed by atoms with Gasteiger partial charge in [0.25, 0.3) is 0 Å². The summed E-state index contributed by atoms with van der Waals surface area (Å²) in [5.74, 6) is 0.651. The molecule has 0 aliphatic carbocycles. The summed E-state index contributed by atoms with van der Waals surface area (Å²) in [6, 6.07) is 6.42. The molecule has 5 nitrogen and oxygen atoms in total. The number of methoxy groups -OCH3 is 1. The summed E-state index contributed by atoms with van der Waals surface area (Å²) in [4.78, 5) is 2.65. The van der Waals surface area contributed by atoms with Crippen LogP contribution < -0.4 is 9.46 Å². The number of benzene rings is 1. The van der Waals surface area contributed by atoms with E-state index >= 15 is 0 Å². The maximum absolute atomic E-state index is 12.1. The molecule has 6 heteroatoms. The zero-order valence-corrected chi connectivity index (χ0v) is 12.7. The number of ether oxygens (including phenoxy) is 1. The Balaban J connectivity index is 1.80. The van der Waals surface area contributed by atoms with Gasteiger partial charge in [-0.1, -0.05) is 0 Å². The van der Waals surface area contributed by atoms with E-state index in [-0.39, 0.29) is 4.90 Å². The van der Waals surface area contributed by atoms with Crippen LogP contribution in [0.4, 0.5) is 0 Å². The number of rotatable bonds is 7. The Hall–Kier alpha value is -1.11. The lowest BCUT2D eigenvalue weighted by molar-refractivity contribution is 0.334. The lowest BCUT2D eigenvalue weighted by Crippen LogP contribution is -2.28. The molecular weight excluding hydrogens is 276 g/mol. The molecule has 1 aromatic rings. The third kappa shape index (κ3) is 4.19. The normalized spacial score (nSPS) is 16.4. The average Bonchev–Trinajstić information content (AvgIpc) is 2.97. The SMILES string of the molecule is COc1ccc(S(=O)(=O)NCCCN2CCCC2)cc1. The van der Waals surface area contributed by atoms with Gasteiger partial charge in [0, 0.05) is 6.54 Å². The van der Waals surface area contributed by atoms with Gasteiger partial charge in [-0.25, -0.2) is 13.1 Å². The van der Waals surface area contributed by atoms with Crippen LogP contribution in [-0.4, -0.2) is 46.6 Å². The molecule has 0 bridgehead atoms. The molecule has 20 heavy (non-hydrogen) atoms. The monoisotopic (exact) mass is 298 g/mol. The van der Waals surface area contributed by atoms with E-state index in [1.807, 2.05) is 0 Å². The van der Waals surface area contributed by atoms with Gasteiger partial charge in [0.05, 0.1) is 12.0 Å². The molecular formula is C14H22N2O3S. The maximum Gasteiger partial charge on any atom is 0.240 e. The standard InChI is InChI=1S/C14H22N2O3S/c1-19-13-5-7-14(8-6-13)20(17,18)15-9-4-12-16-10-2-3-11-16/h5-8,15H,2-4,9-12H2,1H3. The second-order valence-corrected chi connectivity index (χ2v) is 6.74. The molecule has 0 radical (unpaired) electrons. The molecule has 2 rings (SSSR count). The van der Waals surface area contributed by atoms with Crippen LogP contribution in [0.1, 0.15) is 19.3 Å². The Morgan fingerprint density at radius 3 is 2.45 bits per heavy atom. The number of sulfonamides is 1. The molecule has 0 spiro atoms. The molecule has 1 N–H and O–H groups in total. The molecule has 0 atom stereocenters. The van der Waals surface area contributed by atoms with E-state index < -0.39 is 10.0 Å². The van der Waals surface area contributed by atoms with Crippen molar-refractivity contribution >= 4 is 10.0 Å². The number of hydrogen-bond donors (Lipinski definition) is 1. The van der Waals surface area contributed by atoms with Gasteiger partial charge in [-0.15, -0.1) is 0 Å². The molecule has 1 heterocycles. The predicted molar refractivity (Wildman–Crippen MR) is 78.5 cm³/mol. The van der Waals surface area contributed by atoms with Crippen molar-refractivity contribution < 1.29 is 13.2 Å². The van der Waals surface area contributed by atoms with E-state index in [1.54, 1.807) is 31.4 Å². The summed E-state index contributed by atoms with van der Waals surface area (Å²) in [5, 5.41) is 0. The lowest BCUT2D eigenvalue weighted by atomic mass is 10.3. The summed E-state index contributed by atoms with van der Waals surface area (Å²) in [6.07, 6.45) is 3.37.